The molecule has 0 radical (unpaired) electrons. The van der Waals surface area contributed by atoms with E-state index in [-0.39, 0.29) is 0 Å². The molecule has 0 saturated carbocycles. The number of imidazole rings is 1. The molecule has 0 aliphatic heterocycles. The standard InChI is InChI=1S/C7H12N2O/c1-2-10-6-3-7-8-4-5-9-7/h4-5H,2-3,6H2,1H3,(H,8,9). The molecular weight excluding hydrogens is 128 g/mol. The molecule has 0 atom stereocenters. The van der Waals surface area contributed by atoms with Gasteiger partial charge < -0.3 is 9.72 Å². The molecule has 1 N–H and O–H groups in total. The van der Waals surface area contributed by atoms with Crippen molar-refractivity contribution in [3.8, 4) is 0 Å². The van der Waals surface area contributed by atoms with Crippen LogP contribution in [0, 0.1) is 0 Å². The molecule has 1 aromatic rings. The molecule has 0 amide bonds. The van der Waals surface area contributed by atoms with Gasteiger partial charge in [0.15, 0.2) is 0 Å². The maximum absolute atomic E-state index is 5.15. The van der Waals surface area contributed by atoms with Crippen LogP contribution < -0.4 is 0 Å². The van der Waals surface area contributed by atoms with Gasteiger partial charge in [-0.15, -0.1) is 0 Å². The number of H-pyrrole nitrogens is 1. The lowest BCUT2D eigenvalue weighted by Gasteiger charge is -1.96. The summed E-state index contributed by atoms with van der Waals surface area (Å²) < 4.78 is 5.15. The molecule has 1 aromatic heterocycles. The van der Waals surface area contributed by atoms with Crippen molar-refractivity contribution in [3.05, 3.63) is 18.2 Å². The Bertz CT molecular complexity index is 160. The van der Waals surface area contributed by atoms with Crippen LogP contribution in [0.25, 0.3) is 0 Å². The van der Waals surface area contributed by atoms with E-state index in [1.54, 1.807) is 6.20 Å². The van der Waals surface area contributed by atoms with E-state index in [2.05, 4.69) is 9.97 Å². The molecule has 0 aromatic carbocycles. The summed E-state index contributed by atoms with van der Waals surface area (Å²) >= 11 is 0. The van der Waals surface area contributed by atoms with E-state index in [1.165, 1.54) is 0 Å². The third-order valence-corrected chi connectivity index (χ3v) is 1.24. The summed E-state index contributed by atoms with van der Waals surface area (Å²) in [6.07, 6.45) is 4.45. The first-order valence-corrected chi connectivity index (χ1v) is 3.49. The van der Waals surface area contributed by atoms with E-state index in [9.17, 15) is 0 Å². The number of aromatic amines is 1. The van der Waals surface area contributed by atoms with Crippen LogP contribution in [-0.2, 0) is 11.2 Å². The highest BCUT2D eigenvalue weighted by Gasteiger charge is 1.91. The molecule has 0 spiro atoms. The van der Waals surface area contributed by atoms with Gasteiger partial charge in [-0.25, -0.2) is 4.98 Å². The van der Waals surface area contributed by atoms with Crippen LogP contribution in [0.5, 0.6) is 0 Å². The number of hydrogen-bond acceptors (Lipinski definition) is 2. The molecule has 3 nitrogen and oxygen atoms in total. The van der Waals surface area contributed by atoms with Crippen molar-refractivity contribution < 1.29 is 4.74 Å². The zero-order valence-electron chi connectivity index (χ0n) is 6.13. The monoisotopic (exact) mass is 140 g/mol. The largest absolute Gasteiger partial charge is 0.381 e. The Morgan fingerprint density at radius 2 is 2.60 bits per heavy atom. The molecule has 0 unspecified atom stereocenters. The summed E-state index contributed by atoms with van der Waals surface area (Å²) in [4.78, 5) is 7.06. The van der Waals surface area contributed by atoms with Gasteiger partial charge in [0.05, 0.1) is 6.61 Å². The fourth-order valence-corrected chi connectivity index (χ4v) is 0.748. The Balaban J connectivity index is 2.15. The third-order valence-electron chi connectivity index (χ3n) is 1.24. The summed E-state index contributed by atoms with van der Waals surface area (Å²) in [7, 11) is 0. The molecule has 3 heteroatoms. The van der Waals surface area contributed by atoms with Crippen LogP contribution >= 0.6 is 0 Å². The minimum Gasteiger partial charge on any atom is -0.381 e. The Labute approximate surface area is 60.4 Å². The lowest BCUT2D eigenvalue weighted by atomic mass is 10.4. The maximum atomic E-state index is 5.15. The van der Waals surface area contributed by atoms with E-state index in [4.69, 9.17) is 4.74 Å². The van der Waals surface area contributed by atoms with Crippen LogP contribution in [0.1, 0.15) is 12.7 Å². The fourth-order valence-electron chi connectivity index (χ4n) is 0.748. The Morgan fingerprint density at radius 1 is 1.70 bits per heavy atom. The second-order valence-corrected chi connectivity index (χ2v) is 1.98. The lowest BCUT2D eigenvalue weighted by molar-refractivity contribution is 0.149. The van der Waals surface area contributed by atoms with E-state index in [0.717, 1.165) is 25.5 Å². The van der Waals surface area contributed by atoms with Crippen molar-refractivity contribution in [3.63, 3.8) is 0 Å². The normalized spacial score (nSPS) is 10.1. The highest BCUT2D eigenvalue weighted by atomic mass is 16.5. The van der Waals surface area contributed by atoms with Gasteiger partial charge in [0.1, 0.15) is 5.82 Å². The summed E-state index contributed by atoms with van der Waals surface area (Å²) in [6, 6.07) is 0. The summed E-state index contributed by atoms with van der Waals surface area (Å²) in [5.74, 6) is 0.994. The zero-order valence-corrected chi connectivity index (χ0v) is 6.13. The highest BCUT2D eigenvalue weighted by molar-refractivity contribution is 4.86. The van der Waals surface area contributed by atoms with Crippen LogP contribution in [0.15, 0.2) is 12.4 Å². The minimum atomic E-state index is 0.754. The maximum Gasteiger partial charge on any atom is 0.108 e. The first-order chi connectivity index (χ1) is 4.93. The summed E-state index contributed by atoms with van der Waals surface area (Å²) in [5.41, 5.74) is 0. The molecule has 1 heterocycles. The van der Waals surface area contributed by atoms with Gasteiger partial charge in [-0.2, -0.15) is 0 Å². The SMILES string of the molecule is CCOCCc1ncc[nH]1. The minimum absolute atomic E-state index is 0.754. The van der Waals surface area contributed by atoms with Crippen molar-refractivity contribution >= 4 is 0 Å². The first kappa shape index (κ1) is 7.28. The number of aromatic nitrogens is 2. The summed E-state index contributed by atoms with van der Waals surface area (Å²) in [5, 5.41) is 0. The van der Waals surface area contributed by atoms with E-state index < -0.39 is 0 Å². The van der Waals surface area contributed by atoms with Gasteiger partial charge in [0, 0.05) is 25.4 Å². The van der Waals surface area contributed by atoms with Gasteiger partial charge in [-0.1, -0.05) is 0 Å². The molecule has 10 heavy (non-hydrogen) atoms. The molecule has 0 saturated heterocycles. The van der Waals surface area contributed by atoms with E-state index in [0.29, 0.717) is 0 Å². The molecular formula is C7H12N2O. The number of rotatable bonds is 4. The number of ether oxygens (including phenoxy) is 1. The zero-order chi connectivity index (χ0) is 7.23. The average Bonchev–Trinajstić information content (AvgIpc) is 2.41. The number of hydrogen-bond donors (Lipinski definition) is 1. The molecule has 0 aliphatic rings. The lowest BCUT2D eigenvalue weighted by Crippen LogP contribution is -1.98. The Hall–Kier alpha value is -0.830. The highest BCUT2D eigenvalue weighted by Crippen LogP contribution is 1.89. The second kappa shape index (κ2) is 4.06. The van der Waals surface area contributed by atoms with Crippen molar-refractivity contribution in [2.24, 2.45) is 0 Å². The quantitative estimate of drug-likeness (QED) is 0.633. The predicted octanol–water partition coefficient (Wildman–Crippen LogP) is 0.989. The van der Waals surface area contributed by atoms with Crippen LogP contribution in [0.2, 0.25) is 0 Å². The Morgan fingerprint density at radius 3 is 3.20 bits per heavy atom. The average molecular weight is 140 g/mol. The predicted molar refractivity (Wildman–Crippen MR) is 38.8 cm³/mol. The molecule has 56 valence electrons. The van der Waals surface area contributed by atoms with Gasteiger partial charge in [0.2, 0.25) is 0 Å². The first-order valence-electron chi connectivity index (χ1n) is 3.49. The van der Waals surface area contributed by atoms with Crippen molar-refractivity contribution in [1.82, 2.24) is 9.97 Å². The van der Waals surface area contributed by atoms with Crippen LogP contribution in [-0.4, -0.2) is 23.2 Å². The number of nitrogens with zero attached hydrogens (tertiary/aromatic N) is 1. The van der Waals surface area contributed by atoms with E-state index >= 15 is 0 Å². The molecule has 0 fully saturated rings. The summed E-state index contributed by atoms with van der Waals surface area (Å²) in [6.45, 7) is 3.52. The van der Waals surface area contributed by atoms with Gasteiger partial charge >= 0.3 is 0 Å². The smallest absolute Gasteiger partial charge is 0.108 e. The van der Waals surface area contributed by atoms with Crippen LogP contribution in [0.3, 0.4) is 0 Å². The van der Waals surface area contributed by atoms with Gasteiger partial charge in [-0.05, 0) is 6.92 Å². The number of nitrogens with one attached hydrogen (secondary N) is 1. The molecule has 0 aliphatic carbocycles. The van der Waals surface area contributed by atoms with Gasteiger partial charge in [0.25, 0.3) is 0 Å². The molecule has 1 rings (SSSR count). The van der Waals surface area contributed by atoms with Crippen molar-refractivity contribution in [2.45, 2.75) is 13.3 Å². The third kappa shape index (κ3) is 2.19. The van der Waals surface area contributed by atoms with Gasteiger partial charge in [-0.3, -0.25) is 0 Å². The van der Waals surface area contributed by atoms with E-state index in [1.807, 2.05) is 13.1 Å². The topological polar surface area (TPSA) is 37.9 Å². The Kier molecular flexibility index (Phi) is 2.96. The molecule has 0 bridgehead atoms. The fraction of sp³-hybridized carbons (Fsp3) is 0.571. The second-order valence-electron chi connectivity index (χ2n) is 1.98. The van der Waals surface area contributed by atoms with Crippen molar-refractivity contribution in [2.75, 3.05) is 13.2 Å². The van der Waals surface area contributed by atoms with Crippen LogP contribution in [0.4, 0.5) is 0 Å². The van der Waals surface area contributed by atoms with Crippen molar-refractivity contribution in [1.29, 1.82) is 0 Å².